The lowest BCUT2D eigenvalue weighted by Crippen LogP contribution is -2.14. The van der Waals surface area contributed by atoms with Crippen molar-refractivity contribution >= 4 is 35.0 Å². The fraction of sp³-hybridized carbons (Fsp3) is 0.167. The van der Waals surface area contributed by atoms with E-state index < -0.39 is 5.82 Å². The third-order valence-electron chi connectivity index (χ3n) is 3.67. The van der Waals surface area contributed by atoms with E-state index in [1.165, 1.54) is 30.0 Å². The highest BCUT2D eigenvalue weighted by atomic mass is 35.5. The van der Waals surface area contributed by atoms with Crippen LogP contribution in [0.2, 0.25) is 5.02 Å². The van der Waals surface area contributed by atoms with Crippen molar-refractivity contribution in [1.82, 2.24) is 14.8 Å². The number of anilines is 1. The van der Waals surface area contributed by atoms with E-state index in [9.17, 15) is 9.18 Å². The summed E-state index contributed by atoms with van der Waals surface area (Å²) < 4.78 is 15.0. The molecule has 1 aromatic heterocycles. The zero-order valence-electron chi connectivity index (χ0n) is 13.9. The number of benzene rings is 2. The maximum atomic E-state index is 13.1. The van der Waals surface area contributed by atoms with Gasteiger partial charge in [-0.3, -0.25) is 4.79 Å². The van der Waals surface area contributed by atoms with Gasteiger partial charge in [0.1, 0.15) is 11.6 Å². The molecule has 26 heavy (non-hydrogen) atoms. The molecule has 0 fully saturated rings. The molecule has 0 aliphatic carbocycles. The highest BCUT2D eigenvalue weighted by Crippen LogP contribution is 2.21. The number of thioether (sulfide) groups is 1. The highest BCUT2D eigenvalue weighted by Gasteiger charge is 2.12. The molecule has 0 aliphatic rings. The van der Waals surface area contributed by atoms with Crippen LogP contribution in [0.3, 0.4) is 0 Å². The van der Waals surface area contributed by atoms with E-state index in [0.717, 1.165) is 11.4 Å². The monoisotopic (exact) mass is 390 g/mol. The number of hydrogen-bond donors (Lipinski definition) is 1. The summed E-state index contributed by atoms with van der Waals surface area (Å²) in [6, 6.07) is 14.0. The van der Waals surface area contributed by atoms with Crippen LogP contribution in [0.5, 0.6) is 0 Å². The van der Waals surface area contributed by atoms with Crippen molar-refractivity contribution in [2.24, 2.45) is 7.05 Å². The average molecular weight is 391 g/mol. The van der Waals surface area contributed by atoms with E-state index in [2.05, 4.69) is 15.5 Å². The van der Waals surface area contributed by atoms with Gasteiger partial charge in [0, 0.05) is 19.2 Å². The maximum Gasteiger partial charge on any atom is 0.234 e. The van der Waals surface area contributed by atoms with Crippen molar-refractivity contribution in [3.63, 3.8) is 0 Å². The van der Waals surface area contributed by atoms with Crippen molar-refractivity contribution in [3.05, 3.63) is 70.8 Å². The number of hydrogen-bond acceptors (Lipinski definition) is 4. The first-order valence-corrected chi connectivity index (χ1v) is 9.19. The summed E-state index contributed by atoms with van der Waals surface area (Å²) in [5.41, 5.74) is 1.59. The first kappa shape index (κ1) is 18.4. The quantitative estimate of drug-likeness (QED) is 0.648. The lowest BCUT2D eigenvalue weighted by atomic mass is 10.1. The molecule has 0 unspecified atom stereocenters. The van der Waals surface area contributed by atoms with Crippen molar-refractivity contribution in [2.75, 3.05) is 11.1 Å². The molecule has 134 valence electrons. The molecule has 0 bridgehead atoms. The van der Waals surface area contributed by atoms with Crippen LogP contribution in [-0.4, -0.2) is 26.4 Å². The molecule has 1 N–H and O–H groups in total. The summed E-state index contributed by atoms with van der Waals surface area (Å²) in [6.07, 6.45) is 0.672. The molecular formula is C18H16ClFN4OS. The summed E-state index contributed by atoms with van der Waals surface area (Å²) in [5, 5.41) is 11.6. The minimum absolute atomic E-state index is 0.0330. The molecule has 0 aliphatic heterocycles. The first-order chi connectivity index (χ1) is 12.5. The van der Waals surface area contributed by atoms with Crippen molar-refractivity contribution in [2.45, 2.75) is 11.6 Å². The third-order valence-corrected chi connectivity index (χ3v) is 4.98. The fourth-order valence-electron chi connectivity index (χ4n) is 2.30. The van der Waals surface area contributed by atoms with E-state index in [4.69, 9.17) is 11.6 Å². The van der Waals surface area contributed by atoms with E-state index >= 15 is 0 Å². The zero-order chi connectivity index (χ0) is 18.5. The van der Waals surface area contributed by atoms with Gasteiger partial charge >= 0.3 is 0 Å². The number of aromatic nitrogens is 3. The molecule has 8 heteroatoms. The summed E-state index contributed by atoms with van der Waals surface area (Å²) >= 11 is 6.99. The van der Waals surface area contributed by atoms with Crippen LogP contribution in [0, 0.1) is 5.82 Å². The van der Waals surface area contributed by atoms with E-state index in [0.29, 0.717) is 17.3 Å². The number of carbonyl (C=O) groups is 1. The lowest BCUT2D eigenvalue weighted by Gasteiger charge is -2.06. The van der Waals surface area contributed by atoms with Gasteiger partial charge in [-0.05, 0) is 23.8 Å². The molecule has 0 saturated carbocycles. The van der Waals surface area contributed by atoms with Crippen LogP contribution in [-0.2, 0) is 18.3 Å². The predicted octanol–water partition coefficient (Wildman–Crippen LogP) is 3.93. The van der Waals surface area contributed by atoms with E-state index in [-0.39, 0.29) is 16.7 Å². The van der Waals surface area contributed by atoms with Gasteiger partial charge in [-0.1, -0.05) is 53.7 Å². The Kier molecular flexibility index (Phi) is 5.90. The molecule has 0 spiro atoms. The molecular weight excluding hydrogens is 375 g/mol. The minimum atomic E-state index is -0.524. The van der Waals surface area contributed by atoms with Crippen LogP contribution in [0.25, 0.3) is 0 Å². The van der Waals surface area contributed by atoms with Crippen molar-refractivity contribution < 1.29 is 9.18 Å². The normalized spacial score (nSPS) is 10.7. The molecule has 0 atom stereocenters. The van der Waals surface area contributed by atoms with Crippen LogP contribution >= 0.6 is 23.4 Å². The largest absolute Gasteiger partial charge is 0.325 e. The number of nitrogens with one attached hydrogen (secondary N) is 1. The van der Waals surface area contributed by atoms with E-state index in [1.807, 2.05) is 41.9 Å². The molecule has 1 heterocycles. The smallest absolute Gasteiger partial charge is 0.234 e. The molecule has 2 aromatic carbocycles. The van der Waals surface area contributed by atoms with Crippen LogP contribution in [0.4, 0.5) is 10.1 Å². The zero-order valence-corrected chi connectivity index (χ0v) is 15.5. The van der Waals surface area contributed by atoms with Gasteiger partial charge in [0.15, 0.2) is 5.16 Å². The second kappa shape index (κ2) is 8.33. The van der Waals surface area contributed by atoms with E-state index in [1.54, 1.807) is 0 Å². The number of nitrogens with zero attached hydrogens (tertiary/aromatic N) is 3. The SMILES string of the molecule is Cn1c(Cc2ccccc2)nnc1SCC(=O)Nc1ccc(F)c(Cl)c1. The van der Waals surface area contributed by atoms with Crippen molar-refractivity contribution in [3.8, 4) is 0 Å². The van der Waals surface area contributed by atoms with Crippen LogP contribution in [0.15, 0.2) is 53.7 Å². The Morgan fingerprint density at radius 1 is 1.23 bits per heavy atom. The highest BCUT2D eigenvalue weighted by molar-refractivity contribution is 7.99. The van der Waals surface area contributed by atoms with Gasteiger partial charge in [0.2, 0.25) is 5.91 Å². The molecule has 5 nitrogen and oxygen atoms in total. The molecule has 0 radical (unpaired) electrons. The third kappa shape index (κ3) is 4.62. The Balaban J connectivity index is 1.57. The summed E-state index contributed by atoms with van der Waals surface area (Å²) in [6.45, 7) is 0. The van der Waals surface area contributed by atoms with Gasteiger partial charge in [-0.2, -0.15) is 0 Å². The van der Waals surface area contributed by atoms with Gasteiger partial charge in [0.05, 0.1) is 10.8 Å². The Morgan fingerprint density at radius 3 is 2.73 bits per heavy atom. The number of halogens is 2. The van der Waals surface area contributed by atoms with Gasteiger partial charge in [-0.15, -0.1) is 10.2 Å². The number of amides is 1. The number of rotatable bonds is 6. The lowest BCUT2D eigenvalue weighted by molar-refractivity contribution is -0.113. The van der Waals surface area contributed by atoms with Crippen LogP contribution < -0.4 is 5.32 Å². The van der Waals surface area contributed by atoms with Gasteiger partial charge in [0.25, 0.3) is 0 Å². The Morgan fingerprint density at radius 2 is 2.00 bits per heavy atom. The fourth-order valence-corrected chi connectivity index (χ4v) is 3.21. The minimum Gasteiger partial charge on any atom is -0.325 e. The molecule has 3 aromatic rings. The summed E-state index contributed by atoms with van der Waals surface area (Å²) in [4.78, 5) is 12.1. The Bertz CT molecular complexity index is 917. The Labute approximate surface area is 159 Å². The maximum absolute atomic E-state index is 13.1. The van der Waals surface area contributed by atoms with Crippen molar-refractivity contribution in [1.29, 1.82) is 0 Å². The number of carbonyl (C=O) groups excluding carboxylic acids is 1. The topological polar surface area (TPSA) is 59.8 Å². The molecule has 3 rings (SSSR count). The van der Waals surface area contributed by atoms with Gasteiger partial charge in [-0.25, -0.2) is 4.39 Å². The summed E-state index contributed by atoms with van der Waals surface area (Å²) in [7, 11) is 1.87. The molecule has 0 saturated heterocycles. The molecule has 1 amide bonds. The first-order valence-electron chi connectivity index (χ1n) is 7.83. The summed E-state index contributed by atoms with van der Waals surface area (Å²) in [5.74, 6) is 0.227. The standard InChI is InChI=1S/C18H16ClFN4OS/c1-24-16(9-12-5-3-2-4-6-12)22-23-18(24)26-11-17(25)21-13-7-8-15(20)14(19)10-13/h2-8,10H,9,11H2,1H3,(H,21,25). The second-order valence-corrected chi connectivity index (χ2v) is 6.94. The van der Waals surface area contributed by atoms with Crippen LogP contribution in [0.1, 0.15) is 11.4 Å². The average Bonchev–Trinajstić information content (AvgIpc) is 2.97. The Hall–Kier alpha value is -2.38. The van der Waals surface area contributed by atoms with Gasteiger partial charge < -0.3 is 9.88 Å². The predicted molar refractivity (Wildman–Crippen MR) is 101 cm³/mol. The second-order valence-electron chi connectivity index (χ2n) is 5.59.